The Bertz CT molecular complexity index is 266. The minimum absolute atomic E-state index is 0.0706. The van der Waals surface area contributed by atoms with Crippen LogP contribution in [0, 0.1) is 0 Å². The summed E-state index contributed by atoms with van der Waals surface area (Å²) >= 11 is 0. The number of hydrogen-bond acceptors (Lipinski definition) is 3. The van der Waals surface area contributed by atoms with Crippen LogP contribution < -0.4 is 5.32 Å². The number of carbonyl (C=O) groups excluding carboxylic acids is 1. The number of ether oxygens (including phenoxy) is 1. The standard InChI is InChI=1S/C13H24N2O2/c1-10(7-9-17-2)15-8-3-4-12(13(15)16)14-11-5-6-11/h10-12,14H,3-9H2,1-2H3. The molecule has 1 aliphatic carbocycles. The third-order valence-electron chi connectivity index (χ3n) is 3.76. The zero-order valence-corrected chi connectivity index (χ0v) is 10.9. The molecule has 2 atom stereocenters. The summed E-state index contributed by atoms with van der Waals surface area (Å²) in [5.41, 5.74) is 0. The van der Waals surface area contributed by atoms with Gasteiger partial charge >= 0.3 is 0 Å². The molecule has 0 aromatic carbocycles. The van der Waals surface area contributed by atoms with Crippen LogP contribution in [-0.2, 0) is 9.53 Å². The van der Waals surface area contributed by atoms with E-state index in [4.69, 9.17) is 4.74 Å². The summed E-state index contributed by atoms with van der Waals surface area (Å²) in [6, 6.07) is 0.977. The van der Waals surface area contributed by atoms with E-state index in [-0.39, 0.29) is 6.04 Å². The quantitative estimate of drug-likeness (QED) is 0.757. The van der Waals surface area contributed by atoms with Crippen molar-refractivity contribution in [1.82, 2.24) is 10.2 Å². The van der Waals surface area contributed by atoms with Crippen molar-refractivity contribution in [3.63, 3.8) is 0 Å². The van der Waals surface area contributed by atoms with Crippen LogP contribution in [0.25, 0.3) is 0 Å². The van der Waals surface area contributed by atoms with Gasteiger partial charge in [0.2, 0.25) is 5.91 Å². The van der Waals surface area contributed by atoms with Gasteiger partial charge in [0.15, 0.2) is 0 Å². The molecule has 2 fully saturated rings. The van der Waals surface area contributed by atoms with Crippen LogP contribution in [0.4, 0.5) is 0 Å². The van der Waals surface area contributed by atoms with Gasteiger partial charge in [-0.1, -0.05) is 0 Å². The van der Waals surface area contributed by atoms with Crippen molar-refractivity contribution in [3.05, 3.63) is 0 Å². The maximum absolute atomic E-state index is 12.3. The topological polar surface area (TPSA) is 41.6 Å². The van der Waals surface area contributed by atoms with Crippen molar-refractivity contribution in [2.45, 2.75) is 57.2 Å². The van der Waals surface area contributed by atoms with E-state index in [0.717, 1.165) is 32.4 Å². The molecule has 1 saturated carbocycles. The average Bonchev–Trinajstić information content (AvgIpc) is 3.13. The van der Waals surface area contributed by atoms with Crippen LogP contribution in [0.3, 0.4) is 0 Å². The molecule has 2 aliphatic rings. The normalized spacial score (nSPS) is 27.3. The van der Waals surface area contributed by atoms with Gasteiger partial charge < -0.3 is 15.0 Å². The summed E-state index contributed by atoms with van der Waals surface area (Å²) in [4.78, 5) is 14.3. The Morgan fingerprint density at radius 3 is 2.88 bits per heavy atom. The maximum Gasteiger partial charge on any atom is 0.239 e. The van der Waals surface area contributed by atoms with Crippen molar-refractivity contribution in [2.24, 2.45) is 0 Å². The number of amides is 1. The monoisotopic (exact) mass is 240 g/mol. The molecule has 0 spiro atoms. The molecule has 17 heavy (non-hydrogen) atoms. The molecule has 1 heterocycles. The van der Waals surface area contributed by atoms with E-state index < -0.39 is 0 Å². The summed E-state index contributed by atoms with van der Waals surface area (Å²) < 4.78 is 5.09. The van der Waals surface area contributed by atoms with E-state index in [9.17, 15) is 4.79 Å². The Kier molecular flexibility index (Phi) is 4.40. The van der Waals surface area contributed by atoms with Crippen molar-refractivity contribution < 1.29 is 9.53 Å². The Labute approximate surface area is 104 Å². The Morgan fingerprint density at radius 2 is 2.24 bits per heavy atom. The number of nitrogens with zero attached hydrogens (tertiary/aromatic N) is 1. The van der Waals surface area contributed by atoms with Crippen molar-refractivity contribution >= 4 is 5.91 Å². The number of piperidine rings is 1. The highest BCUT2D eigenvalue weighted by Crippen LogP contribution is 2.23. The Morgan fingerprint density at radius 1 is 1.47 bits per heavy atom. The van der Waals surface area contributed by atoms with E-state index in [2.05, 4.69) is 12.2 Å². The lowest BCUT2D eigenvalue weighted by Crippen LogP contribution is -2.54. The summed E-state index contributed by atoms with van der Waals surface area (Å²) in [7, 11) is 1.71. The van der Waals surface area contributed by atoms with Crippen molar-refractivity contribution in [1.29, 1.82) is 0 Å². The van der Waals surface area contributed by atoms with Crippen LogP contribution in [0.2, 0.25) is 0 Å². The van der Waals surface area contributed by atoms with Gasteiger partial charge in [0, 0.05) is 32.3 Å². The highest BCUT2D eigenvalue weighted by Gasteiger charge is 2.34. The number of hydrogen-bond donors (Lipinski definition) is 1. The van der Waals surface area contributed by atoms with Crippen LogP contribution in [-0.4, -0.2) is 49.2 Å². The molecule has 4 nitrogen and oxygen atoms in total. The average molecular weight is 240 g/mol. The molecule has 0 bridgehead atoms. The van der Waals surface area contributed by atoms with Gasteiger partial charge in [-0.15, -0.1) is 0 Å². The summed E-state index contributed by atoms with van der Waals surface area (Å²) in [6.07, 6.45) is 5.53. The Hall–Kier alpha value is -0.610. The minimum Gasteiger partial charge on any atom is -0.385 e. The lowest BCUT2D eigenvalue weighted by Gasteiger charge is -2.37. The van der Waals surface area contributed by atoms with Gasteiger partial charge in [-0.05, 0) is 39.0 Å². The fourth-order valence-corrected chi connectivity index (χ4v) is 2.47. The smallest absolute Gasteiger partial charge is 0.239 e. The van der Waals surface area contributed by atoms with Gasteiger partial charge in [0.05, 0.1) is 6.04 Å². The predicted molar refractivity (Wildman–Crippen MR) is 66.8 cm³/mol. The van der Waals surface area contributed by atoms with E-state index >= 15 is 0 Å². The molecule has 2 unspecified atom stereocenters. The second-order valence-electron chi connectivity index (χ2n) is 5.30. The lowest BCUT2D eigenvalue weighted by molar-refractivity contribution is -0.138. The molecule has 1 saturated heterocycles. The highest BCUT2D eigenvalue weighted by molar-refractivity contribution is 5.83. The van der Waals surface area contributed by atoms with Crippen LogP contribution in [0.15, 0.2) is 0 Å². The van der Waals surface area contributed by atoms with E-state index in [1.54, 1.807) is 7.11 Å². The fraction of sp³-hybridized carbons (Fsp3) is 0.923. The second-order valence-corrected chi connectivity index (χ2v) is 5.30. The van der Waals surface area contributed by atoms with Gasteiger partial charge in [-0.25, -0.2) is 0 Å². The molecule has 0 aromatic heterocycles. The maximum atomic E-state index is 12.3. The number of likely N-dealkylation sites (tertiary alicyclic amines) is 1. The first kappa shape index (κ1) is 12.8. The van der Waals surface area contributed by atoms with Crippen LogP contribution in [0.5, 0.6) is 0 Å². The summed E-state index contributed by atoms with van der Waals surface area (Å²) in [5, 5.41) is 3.46. The number of nitrogens with one attached hydrogen (secondary N) is 1. The number of carbonyl (C=O) groups is 1. The first-order chi connectivity index (χ1) is 8.22. The molecule has 0 radical (unpaired) electrons. The van der Waals surface area contributed by atoms with Gasteiger partial charge in [0.25, 0.3) is 0 Å². The third-order valence-corrected chi connectivity index (χ3v) is 3.76. The van der Waals surface area contributed by atoms with Crippen molar-refractivity contribution in [3.8, 4) is 0 Å². The van der Waals surface area contributed by atoms with Gasteiger partial charge in [-0.3, -0.25) is 4.79 Å². The molecular weight excluding hydrogens is 216 g/mol. The molecule has 1 amide bonds. The third kappa shape index (κ3) is 3.42. The predicted octanol–water partition coefficient (Wildman–Crippen LogP) is 1.15. The molecular formula is C13H24N2O2. The molecule has 2 rings (SSSR count). The highest BCUT2D eigenvalue weighted by atomic mass is 16.5. The zero-order chi connectivity index (χ0) is 12.3. The van der Waals surface area contributed by atoms with E-state index in [1.807, 2.05) is 4.90 Å². The van der Waals surface area contributed by atoms with E-state index in [1.165, 1.54) is 12.8 Å². The van der Waals surface area contributed by atoms with Crippen LogP contribution in [0.1, 0.15) is 39.0 Å². The number of methoxy groups -OCH3 is 1. The number of rotatable bonds is 6. The first-order valence-electron chi connectivity index (χ1n) is 6.78. The molecule has 4 heteroatoms. The molecule has 1 N–H and O–H groups in total. The zero-order valence-electron chi connectivity index (χ0n) is 10.9. The molecule has 1 aliphatic heterocycles. The van der Waals surface area contributed by atoms with E-state index in [0.29, 0.717) is 18.0 Å². The Balaban J connectivity index is 1.85. The van der Waals surface area contributed by atoms with Gasteiger partial charge in [-0.2, -0.15) is 0 Å². The minimum atomic E-state index is 0.0706. The molecule has 98 valence electrons. The fourth-order valence-electron chi connectivity index (χ4n) is 2.47. The van der Waals surface area contributed by atoms with Crippen molar-refractivity contribution in [2.75, 3.05) is 20.3 Å². The second kappa shape index (κ2) is 5.83. The molecule has 0 aromatic rings. The summed E-state index contributed by atoms with van der Waals surface area (Å²) in [6.45, 7) is 3.76. The lowest BCUT2D eigenvalue weighted by atomic mass is 10.0. The first-order valence-corrected chi connectivity index (χ1v) is 6.78. The SMILES string of the molecule is COCCC(C)N1CCCC(NC2CC2)C1=O. The largest absolute Gasteiger partial charge is 0.385 e. The summed E-state index contributed by atoms with van der Waals surface area (Å²) in [5.74, 6) is 0.298. The van der Waals surface area contributed by atoms with Crippen LogP contribution >= 0.6 is 0 Å². The van der Waals surface area contributed by atoms with Gasteiger partial charge in [0.1, 0.15) is 0 Å².